The summed E-state index contributed by atoms with van der Waals surface area (Å²) in [5, 5.41) is 7.46. The van der Waals surface area contributed by atoms with Crippen molar-refractivity contribution in [2.45, 2.75) is 18.9 Å². The first-order chi connectivity index (χ1) is 16.7. The first kappa shape index (κ1) is 24.9. The number of nitrogens with one attached hydrogen (secondary N) is 2. The van der Waals surface area contributed by atoms with E-state index in [9.17, 15) is 18.0 Å². The highest BCUT2D eigenvalue weighted by Gasteiger charge is 2.19. The van der Waals surface area contributed by atoms with Crippen molar-refractivity contribution in [1.29, 1.82) is 0 Å². The Morgan fingerprint density at radius 3 is 2.69 bits per heavy atom. The van der Waals surface area contributed by atoms with Crippen molar-refractivity contribution >= 4 is 44.0 Å². The Balaban J connectivity index is 1.32. The van der Waals surface area contributed by atoms with Crippen LogP contribution in [0.2, 0.25) is 0 Å². The first-order valence-corrected chi connectivity index (χ1v) is 13.8. The maximum absolute atomic E-state index is 12.3. The van der Waals surface area contributed by atoms with Crippen LogP contribution in [0.3, 0.4) is 0 Å². The Labute approximate surface area is 208 Å². The van der Waals surface area contributed by atoms with E-state index in [0.29, 0.717) is 11.2 Å². The predicted octanol–water partition coefficient (Wildman–Crippen LogP) is 2.40. The quantitative estimate of drug-likeness (QED) is 0.470. The van der Waals surface area contributed by atoms with Gasteiger partial charge in [-0.05, 0) is 31.0 Å². The molecule has 0 radical (unpaired) electrons. The van der Waals surface area contributed by atoms with Crippen molar-refractivity contribution in [2.75, 3.05) is 43.2 Å². The van der Waals surface area contributed by atoms with Crippen LogP contribution in [0.15, 0.2) is 48.1 Å². The third-order valence-electron chi connectivity index (χ3n) is 5.75. The lowest BCUT2D eigenvalue weighted by molar-refractivity contribution is -0.115. The molecule has 1 aromatic carbocycles. The van der Waals surface area contributed by atoms with Gasteiger partial charge < -0.3 is 20.3 Å². The number of hydrogen-bond acceptors (Lipinski definition) is 8. The molecule has 1 aliphatic rings. The molecule has 2 aromatic heterocycles. The SMILES string of the molecule is COC1CCN(c2cccc(-c3csc(NC(=O)CNC(=O)c4ccn(S(C)(=O)=O)c4)n3)c2)CC1. The standard InChI is InChI=1S/C23H27N5O5S2/c1-33-19-7-9-27(10-8-19)18-5-3-4-16(12-18)20-15-34-23(25-20)26-21(29)13-24-22(30)17-6-11-28(14-17)35(2,31)32/h3-6,11-12,14-15,19H,7-10,13H2,1-2H3,(H,24,30)(H,25,26,29). The monoisotopic (exact) mass is 517 g/mol. The van der Waals surface area contributed by atoms with Gasteiger partial charge in [-0.3, -0.25) is 13.6 Å². The Bertz CT molecular complexity index is 1310. The molecule has 3 heterocycles. The molecular formula is C23H27N5O5S2. The third-order valence-corrected chi connectivity index (χ3v) is 7.51. The molecular weight excluding hydrogens is 490 g/mol. The fourth-order valence-electron chi connectivity index (χ4n) is 3.82. The van der Waals surface area contributed by atoms with Crippen molar-refractivity contribution < 1.29 is 22.7 Å². The zero-order valence-corrected chi connectivity index (χ0v) is 21.1. The van der Waals surface area contributed by atoms with Crippen molar-refractivity contribution in [1.82, 2.24) is 14.3 Å². The van der Waals surface area contributed by atoms with E-state index in [1.807, 2.05) is 17.5 Å². The second-order valence-corrected chi connectivity index (χ2v) is 11.0. The molecule has 2 amide bonds. The number of nitrogens with zero attached hydrogens (tertiary/aromatic N) is 3. The number of piperidine rings is 1. The smallest absolute Gasteiger partial charge is 0.253 e. The van der Waals surface area contributed by atoms with Crippen LogP contribution in [0.25, 0.3) is 11.3 Å². The summed E-state index contributed by atoms with van der Waals surface area (Å²) in [5.41, 5.74) is 2.98. The molecule has 0 spiro atoms. The Kier molecular flexibility index (Phi) is 7.53. The average molecular weight is 518 g/mol. The molecule has 0 saturated carbocycles. The van der Waals surface area contributed by atoms with Crippen molar-refractivity contribution in [3.05, 3.63) is 53.7 Å². The number of ether oxygens (including phenoxy) is 1. The molecule has 10 nitrogen and oxygen atoms in total. The van der Waals surface area contributed by atoms with Crippen LogP contribution in [0.1, 0.15) is 23.2 Å². The average Bonchev–Trinajstić information content (AvgIpc) is 3.53. The molecule has 0 aliphatic carbocycles. The number of thiazole rings is 1. The van der Waals surface area contributed by atoms with E-state index in [0.717, 1.165) is 53.1 Å². The molecule has 3 aromatic rings. The topological polar surface area (TPSA) is 123 Å². The van der Waals surface area contributed by atoms with Crippen molar-refractivity contribution in [2.24, 2.45) is 0 Å². The number of anilines is 2. The number of benzene rings is 1. The number of hydrogen-bond donors (Lipinski definition) is 2. The fourth-order valence-corrected chi connectivity index (χ4v) is 5.14. The lowest BCUT2D eigenvalue weighted by Crippen LogP contribution is -2.36. The van der Waals surface area contributed by atoms with E-state index in [2.05, 4.69) is 32.7 Å². The van der Waals surface area contributed by atoms with E-state index in [4.69, 9.17) is 4.74 Å². The van der Waals surface area contributed by atoms with Crippen LogP contribution in [-0.2, 0) is 19.6 Å². The number of carbonyl (C=O) groups is 2. The molecule has 0 unspecified atom stereocenters. The molecule has 2 N–H and O–H groups in total. The molecule has 1 fully saturated rings. The van der Waals surface area contributed by atoms with Crippen LogP contribution < -0.4 is 15.5 Å². The normalized spacial score (nSPS) is 14.6. The van der Waals surface area contributed by atoms with Crippen molar-refractivity contribution in [3.8, 4) is 11.3 Å². The minimum absolute atomic E-state index is 0.145. The number of aromatic nitrogens is 2. The van der Waals surface area contributed by atoms with E-state index < -0.39 is 21.8 Å². The summed E-state index contributed by atoms with van der Waals surface area (Å²) in [4.78, 5) is 31.3. The zero-order valence-electron chi connectivity index (χ0n) is 19.4. The van der Waals surface area contributed by atoms with Crippen LogP contribution in [0.5, 0.6) is 0 Å². The van der Waals surface area contributed by atoms with Gasteiger partial charge in [0, 0.05) is 49.2 Å². The van der Waals surface area contributed by atoms with Crippen LogP contribution in [0, 0.1) is 0 Å². The molecule has 1 saturated heterocycles. The summed E-state index contributed by atoms with van der Waals surface area (Å²) in [6, 6.07) is 9.52. The van der Waals surface area contributed by atoms with Crippen molar-refractivity contribution in [3.63, 3.8) is 0 Å². The van der Waals surface area contributed by atoms with Gasteiger partial charge in [0.15, 0.2) is 5.13 Å². The van der Waals surface area contributed by atoms with Gasteiger partial charge in [0.1, 0.15) is 0 Å². The summed E-state index contributed by atoms with van der Waals surface area (Å²) in [7, 11) is -1.72. The second-order valence-electron chi connectivity index (χ2n) is 8.23. The minimum Gasteiger partial charge on any atom is -0.381 e. The minimum atomic E-state index is -3.48. The highest BCUT2D eigenvalue weighted by molar-refractivity contribution is 7.89. The van der Waals surface area contributed by atoms with Gasteiger partial charge >= 0.3 is 0 Å². The van der Waals surface area contributed by atoms with Gasteiger partial charge in [0.25, 0.3) is 5.91 Å². The summed E-state index contributed by atoms with van der Waals surface area (Å²) >= 11 is 1.30. The maximum atomic E-state index is 12.3. The molecule has 35 heavy (non-hydrogen) atoms. The Morgan fingerprint density at radius 1 is 1.23 bits per heavy atom. The highest BCUT2D eigenvalue weighted by atomic mass is 32.2. The second kappa shape index (κ2) is 10.6. The van der Waals surface area contributed by atoms with E-state index in [-0.39, 0.29) is 12.1 Å². The van der Waals surface area contributed by atoms with Gasteiger partial charge in [-0.15, -0.1) is 11.3 Å². The van der Waals surface area contributed by atoms with Crippen LogP contribution in [0.4, 0.5) is 10.8 Å². The van der Waals surface area contributed by atoms with Gasteiger partial charge in [-0.1, -0.05) is 12.1 Å². The Hall–Kier alpha value is -3.22. The van der Waals surface area contributed by atoms with Crippen LogP contribution in [-0.4, -0.2) is 68.3 Å². The van der Waals surface area contributed by atoms with Gasteiger partial charge in [0.05, 0.1) is 30.2 Å². The summed E-state index contributed by atoms with van der Waals surface area (Å²) in [6.07, 6.45) is 5.81. The molecule has 12 heteroatoms. The number of methoxy groups -OCH3 is 1. The third kappa shape index (κ3) is 6.27. The molecule has 4 rings (SSSR count). The Morgan fingerprint density at radius 2 is 2.00 bits per heavy atom. The van der Waals surface area contributed by atoms with E-state index in [1.54, 1.807) is 7.11 Å². The summed E-state index contributed by atoms with van der Waals surface area (Å²) in [5.74, 6) is -0.981. The molecule has 186 valence electrons. The number of rotatable bonds is 8. The van der Waals surface area contributed by atoms with Gasteiger partial charge in [-0.2, -0.15) is 0 Å². The molecule has 0 bridgehead atoms. The van der Waals surface area contributed by atoms with Gasteiger partial charge in [-0.25, -0.2) is 13.4 Å². The molecule has 0 atom stereocenters. The molecule has 1 aliphatic heterocycles. The number of amides is 2. The first-order valence-electron chi connectivity index (χ1n) is 11.0. The summed E-state index contributed by atoms with van der Waals surface area (Å²) in [6.45, 7) is 1.60. The van der Waals surface area contributed by atoms with E-state index >= 15 is 0 Å². The predicted molar refractivity (Wildman–Crippen MR) is 135 cm³/mol. The van der Waals surface area contributed by atoms with Gasteiger partial charge in [0.2, 0.25) is 15.9 Å². The summed E-state index contributed by atoms with van der Waals surface area (Å²) < 4.78 is 29.4. The van der Waals surface area contributed by atoms with E-state index in [1.165, 1.54) is 29.8 Å². The lowest BCUT2D eigenvalue weighted by atomic mass is 10.1. The number of carbonyl (C=O) groups excluding carboxylic acids is 2. The van der Waals surface area contributed by atoms with Crippen LogP contribution >= 0.6 is 11.3 Å². The largest absolute Gasteiger partial charge is 0.381 e. The lowest BCUT2D eigenvalue weighted by Gasteiger charge is -2.33. The maximum Gasteiger partial charge on any atom is 0.253 e. The fraction of sp³-hybridized carbons (Fsp3) is 0.348. The highest BCUT2D eigenvalue weighted by Crippen LogP contribution is 2.29. The zero-order chi connectivity index (χ0) is 25.0.